The van der Waals surface area contributed by atoms with Crippen molar-refractivity contribution < 1.29 is 37.4 Å². The van der Waals surface area contributed by atoms with E-state index in [1.54, 1.807) is 6.20 Å². The van der Waals surface area contributed by atoms with Crippen molar-refractivity contribution >= 4 is 45.9 Å². The Morgan fingerprint density at radius 1 is 1.00 bits per heavy atom. The van der Waals surface area contributed by atoms with E-state index in [0.29, 0.717) is 30.4 Å². The quantitative estimate of drug-likeness (QED) is 0.148. The number of rotatable bonds is 9. The summed E-state index contributed by atoms with van der Waals surface area (Å²) >= 11 is 0. The molecule has 6 N–H and O–H groups in total. The van der Waals surface area contributed by atoms with E-state index in [1.165, 1.54) is 0 Å². The summed E-state index contributed by atoms with van der Waals surface area (Å²) in [6.45, 7) is 4.31. The number of anilines is 3. The molecule has 0 bridgehead atoms. The zero-order valence-electron chi connectivity index (χ0n) is 25.5. The van der Waals surface area contributed by atoms with Gasteiger partial charge in [-0.05, 0) is 84.8 Å². The second-order valence-corrected chi connectivity index (χ2v) is 10.6. The Kier molecular flexibility index (Phi) is 11.4. The Morgan fingerprint density at radius 2 is 1.72 bits per heavy atom. The number of hydrogen-bond donors (Lipinski definition) is 5. The number of nitrogens with one attached hydrogen (secondary N) is 3. The molecule has 3 amide bonds. The molecule has 1 atom stereocenters. The minimum absolute atomic E-state index is 0.0925. The van der Waals surface area contributed by atoms with E-state index in [2.05, 4.69) is 20.9 Å². The fraction of sp³-hybridized carbons (Fsp3) is 0.273. The molecule has 0 aliphatic carbocycles. The predicted octanol–water partition coefficient (Wildman–Crippen LogP) is 5.95. The maximum Gasteiger partial charge on any atom is 0.490 e. The van der Waals surface area contributed by atoms with Gasteiger partial charge in [0.1, 0.15) is 17.6 Å². The van der Waals surface area contributed by atoms with Gasteiger partial charge in [-0.25, -0.2) is 14.6 Å². The van der Waals surface area contributed by atoms with Crippen molar-refractivity contribution in [3.8, 4) is 5.75 Å². The van der Waals surface area contributed by atoms with E-state index in [0.717, 1.165) is 53.5 Å². The van der Waals surface area contributed by atoms with Crippen LogP contribution in [0.3, 0.4) is 0 Å². The van der Waals surface area contributed by atoms with Crippen LogP contribution in [0.4, 0.5) is 35.2 Å². The molecular formula is C33H35F3N6O5. The molecule has 0 spiro atoms. The van der Waals surface area contributed by atoms with E-state index in [-0.39, 0.29) is 11.9 Å². The maximum absolute atomic E-state index is 13.6. The van der Waals surface area contributed by atoms with Crippen LogP contribution in [0.1, 0.15) is 36.9 Å². The molecule has 248 valence electrons. The Hall–Kier alpha value is -5.53. The number of benzene rings is 3. The van der Waals surface area contributed by atoms with Crippen LogP contribution in [0.15, 0.2) is 79.0 Å². The first-order chi connectivity index (χ1) is 22.4. The molecule has 5 rings (SSSR count). The number of urea groups is 1. The molecule has 1 aromatic heterocycles. The maximum atomic E-state index is 13.6. The minimum atomic E-state index is -5.08. The predicted molar refractivity (Wildman–Crippen MR) is 172 cm³/mol. The molecule has 1 unspecified atom stereocenters. The third-order valence-corrected chi connectivity index (χ3v) is 7.15. The van der Waals surface area contributed by atoms with E-state index in [1.807, 2.05) is 84.6 Å². The van der Waals surface area contributed by atoms with Crippen LogP contribution in [0.25, 0.3) is 10.8 Å². The number of nitrogens with two attached hydrogens (primary N) is 1. The van der Waals surface area contributed by atoms with Crippen LogP contribution >= 0.6 is 0 Å². The highest BCUT2D eigenvalue weighted by atomic mass is 19.4. The fourth-order valence-corrected chi connectivity index (χ4v) is 4.88. The number of carbonyl (C=O) groups excluding carboxylic acids is 2. The van der Waals surface area contributed by atoms with Gasteiger partial charge in [-0.1, -0.05) is 24.3 Å². The van der Waals surface area contributed by atoms with Gasteiger partial charge < -0.3 is 36.4 Å². The number of amides is 3. The number of pyridine rings is 1. The SMILES string of the molecule is CCOc1cccc(C(Nc2ccc3c(N)nccc3c2)C(=O)NCc2cccc(NC(=O)N3CCCC3)c2)c1.O=C(O)C(F)(F)F. The van der Waals surface area contributed by atoms with Crippen molar-refractivity contribution in [2.45, 2.75) is 38.5 Å². The summed E-state index contributed by atoms with van der Waals surface area (Å²) in [7, 11) is 0. The molecule has 0 radical (unpaired) electrons. The average Bonchev–Trinajstić information content (AvgIpc) is 3.59. The summed E-state index contributed by atoms with van der Waals surface area (Å²) in [6, 6.07) is 21.9. The number of nitrogens with zero attached hydrogens (tertiary/aromatic N) is 2. The van der Waals surface area contributed by atoms with Gasteiger partial charge in [0.2, 0.25) is 5.91 Å². The summed E-state index contributed by atoms with van der Waals surface area (Å²) in [4.78, 5) is 41.0. The summed E-state index contributed by atoms with van der Waals surface area (Å²) < 4.78 is 37.4. The van der Waals surface area contributed by atoms with Gasteiger partial charge in [0.25, 0.3) is 0 Å². The zero-order chi connectivity index (χ0) is 34.0. The van der Waals surface area contributed by atoms with Crippen molar-refractivity contribution in [1.82, 2.24) is 15.2 Å². The lowest BCUT2D eigenvalue weighted by atomic mass is 10.0. The van der Waals surface area contributed by atoms with Crippen molar-refractivity contribution in [1.29, 1.82) is 0 Å². The van der Waals surface area contributed by atoms with Gasteiger partial charge in [0, 0.05) is 42.6 Å². The number of hydrogen-bond acceptors (Lipinski definition) is 7. The zero-order valence-corrected chi connectivity index (χ0v) is 25.5. The highest BCUT2D eigenvalue weighted by Crippen LogP contribution is 2.28. The normalized spacial score (nSPS) is 13.2. The molecule has 0 saturated carbocycles. The van der Waals surface area contributed by atoms with Gasteiger partial charge in [0.15, 0.2) is 0 Å². The summed E-state index contributed by atoms with van der Waals surface area (Å²) in [5, 5.41) is 18.3. The van der Waals surface area contributed by atoms with Crippen LogP contribution in [0.5, 0.6) is 5.75 Å². The minimum Gasteiger partial charge on any atom is -0.494 e. The Balaban J connectivity index is 0.000000644. The molecule has 1 saturated heterocycles. The number of fused-ring (bicyclic) bond motifs is 1. The number of carbonyl (C=O) groups is 3. The summed E-state index contributed by atoms with van der Waals surface area (Å²) in [5.41, 5.74) is 9.14. The third kappa shape index (κ3) is 9.73. The second-order valence-electron chi connectivity index (χ2n) is 10.6. The van der Waals surface area contributed by atoms with E-state index in [4.69, 9.17) is 20.4 Å². The molecule has 1 aliphatic rings. The Labute approximate surface area is 268 Å². The van der Waals surface area contributed by atoms with Gasteiger partial charge in [0.05, 0.1) is 6.61 Å². The van der Waals surface area contributed by atoms with Crippen molar-refractivity contribution in [3.63, 3.8) is 0 Å². The first kappa shape index (κ1) is 34.3. The monoisotopic (exact) mass is 652 g/mol. The molecule has 11 nitrogen and oxygen atoms in total. The number of aliphatic carboxylic acids is 1. The van der Waals surface area contributed by atoms with Crippen LogP contribution < -0.4 is 26.4 Å². The molecule has 3 aromatic carbocycles. The fourth-order valence-electron chi connectivity index (χ4n) is 4.88. The number of carboxylic acid groups (broad SMARTS) is 1. The largest absolute Gasteiger partial charge is 0.494 e. The highest BCUT2D eigenvalue weighted by molar-refractivity contribution is 5.94. The molecule has 1 fully saturated rings. The number of aromatic nitrogens is 1. The van der Waals surface area contributed by atoms with Crippen LogP contribution in [0, 0.1) is 0 Å². The van der Waals surface area contributed by atoms with Crippen LogP contribution in [-0.4, -0.2) is 58.8 Å². The molecule has 14 heteroatoms. The summed E-state index contributed by atoms with van der Waals surface area (Å²) in [5.74, 6) is -1.80. The van der Waals surface area contributed by atoms with Crippen LogP contribution in [0.2, 0.25) is 0 Å². The molecule has 47 heavy (non-hydrogen) atoms. The lowest BCUT2D eigenvalue weighted by Crippen LogP contribution is -2.33. The molecule has 4 aromatic rings. The van der Waals surface area contributed by atoms with Crippen molar-refractivity contribution in [3.05, 3.63) is 90.1 Å². The topological polar surface area (TPSA) is 159 Å². The molecular weight excluding hydrogens is 617 g/mol. The first-order valence-corrected chi connectivity index (χ1v) is 14.8. The van der Waals surface area contributed by atoms with Gasteiger partial charge in [-0.2, -0.15) is 13.2 Å². The number of carboxylic acids is 1. The van der Waals surface area contributed by atoms with E-state index in [9.17, 15) is 22.8 Å². The van der Waals surface area contributed by atoms with Crippen LogP contribution in [-0.2, 0) is 16.1 Å². The standard InChI is InChI=1S/C31H34N6O3.C2HF3O2/c1-2-40-26-10-6-8-23(19-26)28(35-25-11-12-27-22(18-25)13-14-33-29(27)32)30(38)34-20-21-7-5-9-24(17-21)36-31(39)37-15-3-4-16-37;3-2(4,5)1(6)7/h5-14,17-19,28,35H,2-4,15-16,20H2,1H3,(H2,32,33)(H,34,38)(H,36,39);(H,6,7). The van der Waals surface area contributed by atoms with Gasteiger partial charge in [-0.3, -0.25) is 4.79 Å². The Bertz CT molecular complexity index is 1710. The number of nitrogen functional groups attached to an aromatic ring is 1. The number of likely N-dealkylation sites (tertiary alicyclic amines) is 1. The molecule has 1 aliphatic heterocycles. The summed E-state index contributed by atoms with van der Waals surface area (Å²) in [6.07, 6.45) is -1.35. The Morgan fingerprint density at radius 3 is 2.43 bits per heavy atom. The van der Waals surface area contributed by atoms with E-state index >= 15 is 0 Å². The lowest BCUT2D eigenvalue weighted by molar-refractivity contribution is -0.192. The van der Waals surface area contributed by atoms with Crippen molar-refractivity contribution in [2.75, 3.05) is 36.1 Å². The second kappa shape index (κ2) is 15.7. The number of halogens is 3. The van der Waals surface area contributed by atoms with Crippen molar-refractivity contribution in [2.24, 2.45) is 0 Å². The molecule has 2 heterocycles. The van der Waals surface area contributed by atoms with Gasteiger partial charge in [-0.15, -0.1) is 0 Å². The van der Waals surface area contributed by atoms with Gasteiger partial charge >= 0.3 is 18.2 Å². The average molecular weight is 653 g/mol. The first-order valence-electron chi connectivity index (χ1n) is 14.8. The smallest absolute Gasteiger partial charge is 0.490 e. The third-order valence-electron chi connectivity index (χ3n) is 7.15. The van der Waals surface area contributed by atoms with E-state index < -0.39 is 18.2 Å². The number of alkyl halides is 3. The lowest BCUT2D eigenvalue weighted by Gasteiger charge is -2.21. The highest BCUT2D eigenvalue weighted by Gasteiger charge is 2.38. The number of ether oxygens (including phenoxy) is 1.